The lowest BCUT2D eigenvalue weighted by Gasteiger charge is -2.18. The van der Waals surface area contributed by atoms with Gasteiger partial charge in [0.15, 0.2) is 6.10 Å². The monoisotopic (exact) mass is 464 g/mol. The molecule has 0 bridgehead atoms. The van der Waals surface area contributed by atoms with Gasteiger partial charge >= 0.3 is 19.8 Å². The molecule has 0 rings (SSSR count). The summed E-state index contributed by atoms with van der Waals surface area (Å²) < 4.78 is 25.7. The SMILES string of the molecule is [CH2-]CCCCCCCCC(=O)O[C@H](COC(=O)CCCCCCC[CH2-])COP(=O)(O)O. The van der Waals surface area contributed by atoms with Gasteiger partial charge < -0.3 is 33.1 Å². The zero-order chi connectivity index (χ0) is 23.4. The van der Waals surface area contributed by atoms with Crippen LogP contribution >= 0.6 is 7.82 Å². The number of ether oxygens (including phenoxy) is 2. The van der Waals surface area contributed by atoms with Crippen molar-refractivity contribution in [2.24, 2.45) is 0 Å². The van der Waals surface area contributed by atoms with E-state index in [1.807, 2.05) is 0 Å². The molecule has 0 aliphatic carbocycles. The van der Waals surface area contributed by atoms with E-state index >= 15 is 0 Å². The normalized spacial score (nSPS) is 12.5. The molecular weight excluding hydrogens is 423 g/mol. The van der Waals surface area contributed by atoms with Crippen molar-refractivity contribution in [2.45, 2.75) is 102 Å². The Morgan fingerprint density at radius 2 is 1.16 bits per heavy atom. The second-order valence-electron chi connectivity index (χ2n) is 7.68. The number of carbonyl (C=O) groups is 2. The van der Waals surface area contributed by atoms with E-state index in [2.05, 4.69) is 18.4 Å². The van der Waals surface area contributed by atoms with Crippen LogP contribution in [0.5, 0.6) is 0 Å². The van der Waals surface area contributed by atoms with Gasteiger partial charge in [-0.3, -0.25) is 14.1 Å². The third-order valence-electron chi connectivity index (χ3n) is 4.67. The Kier molecular flexibility index (Phi) is 19.1. The molecule has 0 saturated heterocycles. The Hall–Kier alpha value is -0.950. The Morgan fingerprint density at radius 3 is 1.65 bits per heavy atom. The first-order valence-electron chi connectivity index (χ1n) is 11.4. The van der Waals surface area contributed by atoms with Crippen LogP contribution in [0.1, 0.15) is 96.3 Å². The van der Waals surface area contributed by atoms with E-state index in [4.69, 9.17) is 19.3 Å². The van der Waals surface area contributed by atoms with E-state index in [1.54, 1.807) is 0 Å². The summed E-state index contributed by atoms with van der Waals surface area (Å²) in [6.07, 6.45) is 12.0. The Balaban J connectivity index is 4.19. The molecule has 184 valence electrons. The molecule has 0 aliphatic rings. The molecule has 1 atom stereocenters. The Labute approximate surface area is 187 Å². The summed E-state index contributed by atoms with van der Waals surface area (Å²) >= 11 is 0. The zero-order valence-corrected chi connectivity index (χ0v) is 19.7. The first-order chi connectivity index (χ1) is 14.8. The zero-order valence-electron chi connectivity index (χ0n) is 18.8. The maximum atomic E-state index is 12.0. The average Bonchev–Trinajstić information content (AvgIpc) is 2.71. The summed E-state index contributed by atoms with van der Waals surface area (Å²) in [5, 5.41) is 0. The van der Waals surface area contributed by atoms with E-state index < -0.39 is 32.5 Å². The van der Waals surface area contributed by atoms with E-state index in [9.17, 15) is 14.2 Å². The molecule has 0 spiro atoms. The van der Waals surface area contributed by atoms with Crippen molar-refractivity contribution in [1.29, 1.82) is 0 Å². The third kappa shape index (κ3) is 22.0. The summed E-state index contributed by atoms with van der Waals surface area (Å²) in [7, 11) is -4.72. The number of hydrogen-bond donors (Lipinski definition) is 2. The predicted molar refractivity (Wildman–Crippen MR) is 119 cm³/mol. The van der Waals surface area contributed by atoms with Crippen LogP contribution in [0, 0.1) is 13.8 Å². The van der Waals surface area contributed by atoms with Crippen molar-refractivity contribution >= 4 is 19.8 Å². The van der Waals surface area contributed by atoms with Gasteiger partial charge in [-0.2, -0.15) is 12.8 Å². The van der Waals surface area contributed by atoms with Crippen molar-refractivity contribution in [2.75, 3.05) is 13.2 Å². The Bertz CT molecular complexity index is 506. The van der Waals surface area contributed by atoms with Crippen LogP contribution in [0.15, 0.2) is 0 Å². The van der Waals surface area contributed by atoms with Crippen LogP contribution in [-0.2, 0) is 28.2 Å². The Morgan fingerprint density at radius 1 is 0.710 bits per heavy atom. The second-order valence-corrected chi connectivity index (χ2v) is 8.92. The molecule has 0 aromatic carbocycles. The lowest BCUT2D eigenvalue weighted by molar-refractivity contribution is -0.161. The van der Waals surface area contributed by atoms with E-state index in [1.165, 1.54) is 0 Å². The van der Waals surface area contributed by atoms with Crippen LogP contribution in [0.2, 0.25) is 0 Å². The molecule has 0 unspecified atom stereocenters. The molecule has 0 amide bonds. The van der Waals surface area contributed by atoms with E-state index in [-0.39, 0.29) is 19.4 Å². The van der Waals surface area contributed by atoms with Gasteiger partial charge in [-0.1, -0.05) is 57.8 Å². The van der Waals surface area contributed by atoms with Crippen molar-refractivity contribution in [3.63, 3.8) is 0 Å². The molecule has 0 saturated carbocycles. The number of phosphoric ester groups is 1. The highest BCUT2D eigenvalue weighted by Gasteiger charge is 2.22. The largest absolute Gasteiger partial charge is 0.469 e. The smallest absolute Gasteiger partial charge is 0.462 e. The maximum Gasteiger partial charge on any atom is 0.469 e. The fourth-order valence-electron chi connectivity index (χ4n) is 2.93. The van der Waals surface area contributed by atoms with Crippen LogP contribution in [0.25, 0.3) is 0 Å². The first kappa shape index (κ1) is 30.0. The maximum absolute atomic E-state index is 12.0. The first-order valence-corrected chi connectivity index (χ1v) is 12.9. The average molecular weight is 465 g/mol. The highest BCUT2D eigenvalue weighted by Crippen LogP contribution is 2.35. The topological polar surface area (TPSA) is 119 Å². The van der Waals surface area contributed by atoms with E-state index in [0.717, 1.165) is 70.6 Å². The van der Waals surface area contributed by atoms with Gasteiger partial charge in [0.05, 0.1) is 6.61 Å². The minimum absolute atomic E-state index is 0.197. The molecule has 8 nitrogen and oxygen atoms in total. The van der Waals surface area contributed by atoms with Gasteiger partial charge in [0.25, 0.3) is 0 Å². The van der Waals surface area contributed by atoms with Gasteiger partial charge in [-0.05, 0) is 12.8 Å². The van der Waals surface area contributed by atoms with Crippen LogP contribution in [0.4, 0.5) is 0 Å². The minimum Gasteiger partial charge on any atom is -0.462 e. The molecule has 0 heterocycles. The molecule has 0 aromatic rings. The van der Waals surface area contributed by atoms with Crippen LogP contribution < -0.4 is 0 Å². The predicted octanol–water partition coefficient (Wildman–Crippen LogP) is 5.07. The molecule has 2 N–H and O–H groups in total. The fourth-order valence-corrected chi connectivity index (χ4v) is 3.29. The van der Waals surface area contributed by atoms with Crippen molar-refractivity contribution in [3.05, 3.63) is 13.8 Å². The lowest BCUT2D eigenvalue weighted by atomic mass is 10.1. The highest BCUT2D eigenvalue weighted by molar-refractivity contribution is 7.46. The number of esters is 2. The number of rotatable bonds is 21. The molecular formula is C22H41O8P-2. The van der Waals surface area contributed by atoms with Crippen LogP contribution in [-0.4, -0.2) is 41.0 Å². The molecule has 0 radical (unpaired) electrons. The molecule has 0 aliphatic heterocycles. The summed E-state index contributed by atoms with van der Waals surface area (Å²) in [6.45, 7) is 6.75. The lowest BCUT2D eigenvalue weighted by Crippen LogP contribution is -2.29. The summed E-state index contributed by atoms with van der Waals surface area (Å²) in [6, 6.07) is 0. The number of phosphoric acid groups is 1. The molecule has 0 fully saturated rings. The standard InChI is InChI=1S/C22H41O8P/c1-3-5-7-9-11-13-15-17-22(24)30-20(19-29-31(25,26)27)18-28-21(23)16-14-12-10-8-6-4-2/h20H,1-19H2,(H2,25,26,27)/q-2/t20-/m1/s1. The number of carbonyl (C=O) groups excluding carboxylic acids is 2. The van der Waals surface area contributed by atoms with Crippen molar-refractivity contribution < 1.29 is 37.9 Å². The molecule has 0 aromatic heterocycles. The second kappa shape index (κ2) is 19.7. The van der Waals surface area contributed by atoms with Crippen LogP contribution in [0.3, 0.4) is 0 Å². The van der Waals surface area contributed by atoms with Gasteiger partial charge in [0, 0.05) is 12.8 Å². The summed E-state index contributed by atoms with van der Waals surface area (Å²) in [5.74, 6) is -0.935. The quantitative estimate of drug-likeness (QED) is 0.105. The fraction of sp³-hybridized carbons (Fsp3) is 0.818. The van der Waals surface area contributed by atoms with Gasteiger partial charge in [-0.15, -0.1) is 0 Å². The minimum atomic E-state index is -4.72. The third-order valence-corrected chi connectivity index (χ3v) is 5.15. The van der Waals surface area contributed by atoms with E-state index in [0.29, 0.717) is 12.8 Å². The highest BCUT2D eigenvalue weighted by atomic mass is 31.2. The summed E-state index contributed by atoms with van der Waals surface area (Å²) in [5.41, 5.74) is 0. The number of unbranched alkanes of at least 4 members (excludes halogenated alkanes) is 11. The summed E-state index contributed by atoms with van der Waals surface area (Å²) in [4.78, 5) is 41.7. The molecule has 9 heteroatoms. The van der Waals surface area contributed by atoms with Crippen molar-refractivity contribution in [3.8, 4) is 0 Å². The van der Waals surface area contributed by atoms with Gasteiger partial charge in [-0.25, -0.2) is 4.57 Å². The van der Waals surface area contributed by atoms with Crippen molar-refractivity contribution in [1.82, 2.24) is 0 Å². The van der Waals surface area contributed by atoms with Gasteiger partial charge in [0.1, 0.15) is 6.61 Å². The number of hydrogen-bond acceptors (Lipinski definition) is 6. The molecule has 31 heavy (non-hydrogen) atoms. The van der Waals surface area contributed by atoms with Gasteiger partial charge in [0.2, 0.25) is 0 Å².